The van der Waals surface area contributed by atoms with Gasteiger partial charge in [0.15, 0.2) is 0 Å². The average molecular weight is 318 g/mol. The van der Waals surface area contributed by atoms with E-state index in [1.165, 1.54) is 18.5 Å². The minimum Gasteiger partial charge on any atom is -0.378 e. The fourth-order valence-corrected chi connectivity index (χ4v) is 2.74. The van der Waals surface area contributed by atoms with E-state index in [0.717, 1.165) is 31.9 Å². The van der Waals surface area contributed by atoms with Gasteiger partial charge in [0.1, 0.15) is 6.10 Å². The molecule has 5 heteroatoms. The van der Waals surface area contributed by atoms with E-state index in [1.807, 2.05) is 19.1 Å². The van der Waals surface area contributed by atoms with Crippen molar-refractivity contribution >= 4 is 11.6 Å². The van der Waals surface area contributed by atoms with Crippen LogP contribution in [0.5, 0.6) is 0 Å². The molecule has 1 unspecified atom stereocenters. The van der Waals surface area contributed by atoms with Gasteiger partial charge in [-0.05, 0) is 37.3 Å². The van der Waals surface area contributed by atoms with Gasteiger partial charge >= 0.3 is 0 Å². The van der Waals surface area contributed by atoms with Crippen molar-refractivity contribution in [1.29, 1.82) is 0 Å². The Morgan fingerprint density at radius 3 is 2.83 bits per heavy atom. The normalized spacial score (nSPS) is 19.4. The van der Waals surface area contributed by atoms with Crippen molar-refractivity contribution in [3.63, 3.8) is 0 Å². The largest absolute Gasteiger partial charge is 0.378 e. The van der Waals surface area contributed by atoms with Gasteiger partial charge in [-0.1, -0.05) is 18.2 Å². The molecule has 23 heavy (non-hydrogen) atoms. The van der Waals surface area contributed by atoms with Crippen molar-refractivity contribution in [3.8, 4) is 0 Å². The van der Waals surface area contributed by atoms with Gasteiger partial charge in [0.2, 0.25) is 5.91 Å². The lowest BCUT2D eigenvalue weighted by molar-refractivity contribution is -0.132. The Morgan fingerprint density at radius 2 is 2.09 bits per heavy atom. The molecule has 0 aromatic heterocycles. The first-order chi connectivity index (χ1) is 11.2. The van der Waals surface area contributed by atoms with E-state index in [9.17, 15) is 4.79 Å². The summed E-state index contributed by atoms with van der Waals surface area (Å²) in [6, 6.07) is 8.23. The number of carbonyl (C=O) groups excluding carboxylic acids is 1. The third kappa shape index (κ3) is 4.69. The molecule has 1 saturated carbocycles. The number of hydrogen-bond acceptors (Lipinski definition) is 4. The van der Waals surface area contributed by atoms with E-state index in [-0.39, 0.29) is 12.0 Å². The van der Waals surface area contributed by atoms with Crippen LogP contribution in [0.1, 0.15) is 25.3 Å². The molecule has 2 fully saturated rings. The molecule has 0 radical (unpaired) electrons. The van der Waals surface area contributed by atoms with Crippen LogP contribution in [-0.4, -0.2) is 44.9 Å². The molecular weight excluding hydrogens is 292 g/mol. The van der Waals surface area contributed by atoms with Crippen molar-refractivity contribution in [2.45, 2.75) is 32.4 Å². The fraction of sp³-hybridized carbons (Fsp3) is 0.611. The molecule has 0 spiro atoms. The summed E-state index contributed by atoms with van der Waals surface area (Å²) >= 11 is 0. The minimum atomic E-state index is -0.383. The smallest absolute Gasteiger partial charge is 0.249 e. The Morgan fingerprint density at radius 1 is 1.35 bits per heavy atom. The highest BCUT2D eigenvalue weighted by molar-refractivity contribution is 5.80. The van der Waals surface area contributed by atoms with Crippen molar-refractivity contribution in [1.82, 2.24) is 5.32 Å². The number of nitrogens with one attached hydrogen (secondary N) is 1. The standard InChI is InChI=1S/C18H26N2O3/c1-14(23-13-15-6-7-15)18(21)19-12-16-4-2-3-5-17(16)20-8-10-22-11-9-20/h2-5,14-15H,6-13H2,1H3,(H,19,21). The van der Waals surface area contributed by atoms with Crippen LogP contribution in [0.2, 0.25) is 0 Å². The molecule has 5 nitrogen and oxygen atoms in total. The third-order valence-electron chi connectivity index (χ3n) is 4.44. The molecule has 1 saturated heterocycles. The van der Waals surface area contributed by atoms with Crippen LogP contribution >= 0.6 is 0 Å². The Balaban J connectivity index is 1.53. The lowest BCUT2D eigenvalue weighted by atomic mass is 10.1. The highest BCUT2D eigenvalue weighted by atomic mass is 16.5. The van der Waals surface area contributed by atoms with Gasteiger partial charge in [0.05, 0.1) is 19.8 Å². The lowest BCUT2D eigenvalue weighted by Gasteiger charge is -2.30. The van der Waals surface area contributed by atoms with Gasteiger partial charge in [0.25, 0.3) is 0 Å². The maximum Gasteiger partial charge on any atom is 0.249 e. The molecule has 3 rings (SSSR count). The summed E-state index contributed by atoms with van der Waals surface area (Å²) in [5.74, 6) is 0.634. The second-order valence-corrected chi connectivity index (χ2v) is 6.36. The molecule has 2 aliphatic rings. The first-order valence-electron chi connectivity index (χ1n) is 8.54. The first kappa shape index (κ1) is 16.3. The minimum absolute atomic E-state index is 0.0394. The predicted octanol–water partition coefficient (Wildman–Crippen LogP) is 1.95. The zero-order valence-electron chi connectivity index (χ0n) is 13.8. The Hall–Kier alpha value is -1.59. The maximum absolute atomic E-state index is 12.2. The number of amides is 1. The zero-order valence-corrected chi connectivity index (χ0v) is 13.8. The molecule has 1 atom stereocenters. The van der Waals surface area contributed by atoms with E-state index in [1.54, 1.807) is 0 Å². The van der Waals surface area contributed by atoms with Gasteiger partial charge in [-0.15, -0.1) is 0 Å². The quantitative estimate of drug-likeness (QED) is 0.835. The van der Waals surface area contributed by atoms with Gasteiger partial charge in [-0.25, -0.2) is 0 Å². The number of hydrogen-bond donors (Lipinski definition) is 1. The number of ether oxygens (including phenoxy) is 2. The van der Waals surface area contributed by atoms with E-state index >= 15 is 0 Å². The van der Waals surface area contributed by atoms with Gasteiger partial charge in [-0.3, -0.25) is 4.79 Å². The number of benzene rings is 1. The summed E-state index contributed by atoms with van der Waals surface area (Å²) in [5, 5.41) is 3.00. The molecule has 1 aliphatic carbocycles. The second kappa shape index (κ2) is 7.79. The van der Waals surface area contributed by atoms with Crippen molar-refractivity contribution in [2.75, 3.05) is 37.8 Å². The Kier molecular flexibility index (Phi) is 5.51. The summed E-state index contributed by atoms with van der Waals surface area (Å²) in [6.45, 7) is 6.37. The number of carbonyl (C=O) groups is 1. The molecule has 1 amide bonds. The van der Waals surface area contributed by atoms with Crippen LogP contribution in [0, 0.1) is 5.92 Å². The Bertz CT molecular complexity index is 525. The van der Waals surface area contributed by atoms with Crippen LogP contribution < -0.4 is 10.2 Å². The van der Waals surface area contributed by atoms with E-state index in [4.69, 9.17) is 9.47 Å². The van der Waals surface area contributed by atoms with Crippen molar-refractivity contribution < 1.29 is 14.3 Å². The number of nitrogens with zero attached hydrogens (tertiary/aromatic N) is 1. The topological polar surface area (TPSA) is 50.8 Å². The van der Waals surface area contributed by atoms with Crippen LogP contribution in [0.25, 0.3) is 0 Å². The highest BCUT2D eigenvalue weighted by Crippen LogP contribution is 2.29. The monoisotopic (exact) mass is 318 g/mol. The van der Waals surface area contributed by atoms with Crippen LogP contribution in [0.4, 0.5) is 5.69 Å². The molecule has 1 aromatic carbocycles. The number of morpholine rings is 1. The molecule has 126 valence electrons. The molecule has 1 heterocycles. The van der Waals surface area contributed by atoms with Crippen molar-refractivity contribution in [3.05, 3.63) is 29.8 Å². The zero-order chi connectivity index (χ0) is 16.1. The summed E-state index contributed by atoms with van der Waals surface area (Å²) in [6.07, 6.45) is 2.09. The molecule has 1 N–H and O–H groups in total. The summed E-state index contributed by atoms with van der Waals surface area (Å²) < 4.78 is 11.0. The van der Waals surface area contributed by atoms with E-state index < -0.39 is 0 Å². The predicted molar refractivity (Wildman–Crippen MR) is 89.5 cm³/mol. The fourth-order valence-electron chi connectivity index (χ4n) is 2.74. The SMILES string of the molecule is CC(OCC1CC1)C(=O)NCc1ccccc1N1CCOCC1. The van der Waals surface area contributed by atoms with Gasteiger partial charge in [0, 0.05) is 25.3 Å². The highest BCUT2D eigenvalue weighted by Gasteiger charge is 2.24. The van der Waals surface area contributed by atoms with Crippen LogP contribution in [0.3, 0.4) is 0 Å². The van der Waals surface area contributed by atoms with Gasteiger partial charge in [-0.2, -0.15) is 0 Å². The summed E-state index contributed by atoms with van der Waals surface area (Å²) in [7, 11) is 0. The van der Waals surface area contributed by atoms with E-state index in [0.29, 0.717) is 19.1 Å². The van der Waals surface area contributed by atoms with Crippen LogP contribution in [-0.2, 0) is 20.8 Å². The first-order valence-corrected chi connectivity index (χ1v) is 8.54. The average Bonchev–Trinajstić information content (AvgIpc) is 3.43. The van der Waals surface area contributed by atoms with Crippen LogP contribution in [0.15, 0.2) is 24.3 Å². The molecule has 1 aliphatic heterocycles. The second-order valence-electron chi connectivity index (χ2n) is 6.36. The third-order valence-corrected chi connectivity index (χ3v) is 4.44. The molecular formula is C18H26N2O3. The number of anilines is 1. The van der Waals surface area contributed by atoms with Gasteiger partial charge < -0.3 is 19.7 Å². The molecule has 0 bridgehead atoms. The van der Waals surface area contributed by atoms with Crippen molar-refractivity contribution in [2.24, 2.45) is 5.92 Å². The summed E-state index contributed by atoms with van der Waals surface area (Å²) in [4.78, 5) is 14.5. The molecule has 1 aromatic rings. The number of rotatable bonds is 7. The number of para-hydroxylation sites is 1. The Labute approximate surface area is 137 Å². The maximum atomic E-state index is 12.2. The summed E-state index contributed by atoms with van der Waals surface area (Å²) in [5.41, 5.74) is 2.32. The lowest BCUT2D eigenvalue weighted by Crippen LogP contribution is -2.38. The van der Waals surface area contributed by atoms with E-state index in [2.05, 4.69) is 22.3 Å².